The van der Waals surface area contributed by atoms with E-state index in [1.165, 1.54) is 0 Å². The molecule has 1 heterocycles. The standard InChI is InChI=1S/C10H16N2O2/c1-7-11-10(12-14-7)8-3-5-9(13-2)6-4-8/h8-9H,3-6H2,1-2H3. The number of aryl methyl sites for hydroxylation is 1. The van der Waals surface area contributed by atoms with Gasteiger partial charge in [-0.05, 0) is 25.7 Å². The number of ether oxygens (including phenoxy) is 1. The van der Waals surface area contributed by atoms with E-state index in [1.807, 2.05) is 6.92 Å². The average Bonchev–Trinajstić information content (AvgIpc) is 2.65. The third kappa shape index (κ3) is 1.95. The van der Waals surface area contributed by atoms with Crippen molar-refractivity contribution in [3.8, 4) is 0 Å². The second kappa shape index (κ2) is 4.09. The minimum atomic E-state index is 0.430. The molecule has 1 aromatic rings. The van der Waals surface area contributed by atoms with Crippen molar-refractivity contribution in [1.82, 2.24) is 10.1 Å². The van der Waals surface area contributed by atoms with Crippen molar-refractivity contribution in [3.05, 3.63) is 11.7 Å². The maximum atomic E-state index is 5.32. The molecule has 1 aliphatic rings. The first-order valence-electron chi connectivity index (χ1n) is 5.12. The van der Waals surface area contributed by atoms with Crippen LogP contribution in [0.3, 0.4) is 0 Å². The third-order valence-corrected chi connectivity index (χ3v) is 2.92. The van der Waals surface area contributed by atoms with E-state index in [9.17, 15) is 0 Å². The second-order valence-electron chi connectivity index (χ2n) is 3.88. The zero-order valence-electron chi connectivity index (χ0n) is 8.69. The van der Waals surface area contributed by atoms with Gasteiger partial charge < -0.3 is 9.26 Å². The summed E-state index contributed by atoms with van der Waals surface area (Å²) in [5.74, 6) is 2.00. The number of methoxy groups -OCH3 is 1. The molecule has 2 rings (SSSR count). The molecule has 1 aliphatic carbocycles. The lowest BCUT2D eigenvalue weighted by Crippen LogP contribution is -2.19. The van der Waals surface area contributed by atoms with E-state index in [4.69, 9.17) is 9.26 Å². The average molecular weight is 196 g/mol. The summed E-state index contributed by atoms with van der Waals surface area (Å²) in [6.45, 7) is 1.83. The van der Waals surface area contributed by atoms with E-state index >= 15 is 0 Å². The van der Waals surface area contributed by atoms with Gasteiger partial charge in [0.25, 0.3) is 0 Å². The zero-order chi connectivity index (χ0) is 9.97. The Morgan fingerprint density at radius 1 is 1.29 bits per heavy atom. The zero-order valence-corrected chi connectivity index (χ0v) is 8.69. The lowest BCUT2D eigenvalue weighted by atomic mass is 9.87. The Morgan fingerprint density at radius 3 is 2.50 bits per heavy atom. The molecular formula is C10H16N2O2. The Kier molecular flexibility index (Phi) is 2.82. The maximum Gasteiger partial charge on any atom is 0.223 e. The van der Waals surface area contributed by atoms with Gasteiger partial charge in [-0.2, -0.15) is 4.98 Å². The number of aromatic nitrogens is 2. The van der Waals surface area contributed by atoms with Gasteiger partial charge in [-0.15, -0.1) is 0 Å². The van der Waals surface area contributed by atoms with Crippen LogP contribution in [0.5, 0.6) is 0 Å². The molecule has 0 aromatic carbocycles. The minimum Gasteiger partial charge on any atom is -0.381 e. The van der Waals surface area contributed by atoms with E-state index in [0.717, 1.165) is 31.5 Å². The SMILES string of the molecule is COC1CCC(c2noc(C)n2)CC1. The van der Waals surface area contributed by atoms with Crippen molar-refractivity contribution in [1.29, 1.82) is 0 Å². The van der Waals surface area contributed by atoms with Crippen LogP contribution in [-0.2, 0) is 4.74 Å². The molecule has 4 nitrogen and oxygen atoms in total. The first kappa shape index (κ1) is 9.65. The monoisotopic (exact) mass is 196 g/mol. The smallest absolute Gasteiger partial charge is 0.223 e. The molecule has 14 heavy (non-hydrogen) atoms. The van der Waals surface area contributed by atoms with Gasteiger partial charge in [-0.25, -0.2) is 0 Å². The van der Waals surface area contributed by atoms with Crippen LogP contribution in [0.15, 0.2) is 4.52 Å². The first-order valence-corrected chi connectivity index (χ1v) is 5.12. The van der Waals surface area contributed by atoms with Gasteiger partial charge in [0.15, 0.2) is 5.82 Å². The van der Waals surface area contributed by atoms with Crippen LogP contribution >= 0.6 is 0 Å². The van der Waals surface area contributed by atoms with Crippen LogP contribution in [-0.4, -0.2) is 23.4 Å². The van der Waals surface area contributed by atoms with Gasteiger partial charge in [-0.3, -0.25) is 0 Å². The quantitative estimate of drug-likeness (QED) is 0.726. The van der Waals surface area contributed by atoms with Gasteiger partial charge in [0.2, 0.25) is 5.89 Å². The fourth-order valence-electron chi connectivity index (χ4n) is 2.04. The highest BCUT2D eigenvalue weighted by Crippen LogP contribution is 2.32. The Labute approximate surface area is 83.6 Å². The lowest BCUT2D eigenvalue weighted by molar-refractivity contribution is 0.0649. The molecule has 0 bridgehead atoms. The molecule has 1 saturated carbocycles. The van der Waals surface area contributed by atoms with Crippen LogP contribution < -0.4 is 0 Å². The molecule has 0 amide bonds. The van der Waals surface area contributed by atoms with Crippen molar-refractivity contribution in [3.63, 3.8) is 0 Å². The summed E-state index contributed by atoms with van der Waals surface area (Å²) < 4.78 is 10.3. The number of hydrogen-bond acceptors (Lipinski definition) is 4. The van der Waals surface area contributed by atoms with Crippen molar-refractivity contribution in [2.45, 2.75) is 44.6 Å². The molecule has 4 heteroatoms. The van der Waals surface area contributed by atoms with Gasteiger partial charge in [0.1, 0.15) is 0 Å². The van der Waals surface area contributed by atoms with Crippen molar-refractivity contribution >= 4 is 0 Å². The molecule has 0 atom stereocenters. The highest BCUT2D eigenvalue weighted by Gasteiger charge is 2.25. The lowest BCUT2D eigenvalue weighted by Gasteiger charge is -2.25. The molecule has 0 N–H and O–H groups in total. The van der Waals surface area contributed by atoms with Gasteiger partial charge >= 0.3 is 0 Å². The number of nitrogens with zero attached hydrogens (tertiary/aromatic N) is 2. The van der Waals surface area contributed by atoms with Crippen molar-refractivity contribution in [2.24, 2.45) is 0 Å². The summed E-state index contributed by atoms with van der Waals surface area (Å²) in [7, 11) is 1.78. The Hall–Kier alpha value is -0.900. The molecule has 1 fully saturated rings. The second-order valence-corrected chi connectivity index (χ2v) is 3.88. The molecule has 0 saturated heterocycles. The fraction of sp³-hybridized carbons (Fsp3) is 0.800. The van der Waals surface area contributed by atoms with Gasteiger partial charge in [-0.1, -0.05) is 5.16 Å². The molecule has 0 aliphatic heterocycles. The highest BCUT2D eigenvalue weighted by molar-refractivity contribution is 4.97. The summed E-state index contributed by atoms with van der Waals surface area (Å²) in [5, 5.41) is 3.96. The van der Waals surface area contributed by atoms with E-state index in [-0.39, 0.29) is 0 Å². The number of rotatable bonds is 2. The molecule has 0 radical (unpaired) electrons. The van der Waals surface area contributed by atoms with E-state index in [1.54, 1.807) is 7.11 Å². The summed E-state index contributed by atoms with van der Waals surface area (Å²) in [6.07, 6.45) is 4.86. The Morgan fingerprint density at radius 2 is 2.00 bits per heavy atom. The predicted molar refractivity (Wildman–Crippen MR) is 51.0 cm³/mol. The van der Waals surface area contributed by atoms with Crippen molar-refractivity contribution in [2.75, 3.05) is 7.11 Å². The topological polar surface area (TPSA) is 48.2 Å². The van der Waals surface area contributed by atoms with Crippen LogP contribution in [0.4, 0.5) is 0 Å². The van der Waals surface area contributed by atoms with Crippen LogP contribution in [0.25, 0.3) is 0 Å². The highest BCUT2D eigenvalue weighted by atomic mass is 16.5. The molecular weight excluding hydrogens is 180 g/mol. The predicted octanol–water partition coefficient (Wildman–Crippen LogP) is 2.05. The normalized spacial score (nSPS) is 27.9. The molecule has 0 spiro atoms. The van der Waals surface area contributed by atoms with Gasteiger partial charge in [0.05, 0.1) is 6.10 Å². The Bertz CT molecular complexity index is 290. The first-order chi connectivity index (χ1) is 6.79. The van der Waals surface area contributed by atoms with Crippen LogP contribution in [0, 0.1) is 6.92 Å². The minimum absolute atomic E-state index is 0.430. The maximum absolute atomic E-state index is 5.32. The summed E-state index contributed by atoms with van der Waals surface area (Å²) in [5.41, 5.74) is 0. The van der Waals surface area contributed by atoms with Gasteiger partial charge in [0, 0.05) is 20.0 Å². The van der Waals surface area contributed by atoms with Crippen LogP contribution in [0.1, 0.15) is 43.3 Å². The summed E-state index contributed by atoms with van der Waals surface area (Å²) in [6, 6.07) is 0. The molecule has 78 valence electrons. The molecule has 0 unspecified atom stereocenters. The van der Waals surface area contributed by atoms with E-state index < -0.39 is 0 Å². The Balaban J connectivity index is 1.95. The van der Waals surface area contributed by atoms with E-state index in [2.05, 4.69) is 10.1 Å². The largest absolute Gasteiger partial charge is 0.381 e. The fourth-order valence-corrected chi connectivity index (χ4v) is 2.04. The molecule has 1 aromatic heterocycles. The van der Waals surface area contributed by atoms with E-state index in [0.29, 0.717) is 17.9 Å². The number of hydrogen-bond donors (Lipinski definition) is 0. The third-order valence-electron chi connectivity index (χ3n) is 2.92. The van der Waals surface area contributed by atoms with Crippen LogP contribution in [0.2, 0.25) is 0 Å². The summed E-state index contributed by atoms with van der Waals surface area (Å²) in [4.78, 5) is 4.27. The van der Waals surface area contributed by atoms with Crippen molar-refractivity contribution < 1.29 is 9.26 Å². The summed E-state index contributed by atoms with van der Waals surface area (Å²) >= 11 is 0.